The molecule has 3 aromatic rings. The minimum absolute atomic E-state index is 0.177. The van der Waals surface area contributed by atoms with Gasteiger partial charge in [0.05, 0.1) is 22.2 Å². The lowest BCUT2D eigenvalue weighted by atomic mass is 10.2. The van der Waals surface area contributed by atoms with Crippen LogP contribution in [0.2, 0.25) is 5.02 Å². The summed E-state index contributed by atoms with van der Waals surface area (Å²) in [5.41, 5.74) is 2.51. The number of benzene rings is 3. The van der Waals surface area contributed by atoms with Crippen molar-refractivity contribution in [3.05, 3.63) is 92.3 Å². The van der Waals surface area contributed by atoms with E-state index in [0.717, 1.165) is 15.6 Å². The fourth-order valence-corrected chi connectivity index (χ4v) is 5.03. The monoisotopic (exact) mass is 545 g/mol. The van der Waals surface area contributed by atoms with E-state index in [1.807, 2.05) is 66.7 Å². The summed E-state index contributed by atoms with van der Waals surface area (Å²) < 4.78 is 12.5. The molecule has 162 valence electrons. The molecule has 3 aromatic carbocycles. The number of thioether (sulfide) groups is 1. The molecule has 1 amide bonds. The van der Waals surface area contributed by atoms with Crippen LogP contribution in [0.25, 0.3) is 6.08 Å². The number of methoxy groups -OCH3 is 1. The molecule has 0 N–H and O–H groups in total. The molecule has 0 aliphatic carbocycles. The summed E-state index contributed by atoms with van der Waals surface area (Å²) in [5, 5.41) is 0.690. The average molecular weight is 547 g/mol. The summed E-state index contributed by atoms with van der Waals surface area (Å²) in [6, 6.07) is 20.5. The minimum atomic E-state index is -0.177. The summed E-state index contributed by atoms with van der Waals surface area (Å²) in [6.45, 7) is 0.423. The summed E-state index contributed by atoms with van der Waals surface area (Å²) in [5.74, 6) is 1.12. The minimum Gasteiger partial charge on any atom is -0.495 e. The zero-order chi connectivity index (χ0) is 22.7. The van der Waals surface area contributed by atoms with Crippen molar-refractivity contribution in [3.63, 3.8) is 0 Å². The third-order valence-electron chi connectivity index (χ3n) is 4.68. The van der Waals surface area contributed by atoms with Crippen molar-refractivity contribution in [2.24, 2.45) is 0 Å². The van der Waals surface area contributed by atoms with Crippen LogP contribution in [-0.4, -0.2) is 17.3 Å². The lowest BCUT2D eigenvalue weighted by molar-refractivity contribution is -0.113. The number of anilines is 1. The molecule has 8 heteroatoms. The van der Waals surface area contributed by atoms with Gasteiger partial charge in [0, 0.05) is 5.02 Å². The molecule has 0 atom stereocenters. The van der Waals surface area contributed by atoms with Gasteiger partial charge in [0.25, 0.3) is 5.91 Å². The fourth-order valence-electron chi connectivity index (χ4n) is 3.11. The Bertz CT molecular complexity index is 1210. The van der Waals surface area contributed by atoms with Gasteiger partial charge in [-0.25, -0.2) is 0 Å². The van der Waals surface area contributed by atoms with Gasteiger partial charge in [-0.2, -0.15) is 0 Å². The van der Waals surface area contributed by atoms with Gasteiger partial charge in [0.2, 0.25) is 0 Å². The number of thiocarbonyl (C=S) groups is 1. The Kier molecular flexibility index (Phi) is 7.20. The summed E-state index contributed by atoms with van der Waals surface area (Å²) in [4.78, 5) is 15.1. The number of ether oxygens (including phenoxy) is 2. The molecule has 1 aliphatic heterocycles. The lowest BCUT2D eigenvalue weighted by Gasteiger charge is -2.17. The van der Waals surface area contributed by atoms with E-state index in [1.165, 1.54) is 16.7 Å². The van der Waals surface area contributed by atoms with Crippen LogP contribution in [0.4, 0.5) is 5.69 Å². The molecule has 0 radical (unpaired) electrons. The molecule has 1 aliphatic rings. The smallest absolute Gasteiger partial charge is 0.270 e. The maximum Gasteiger partial charge on any atom is 0.270 e. The van der Waals surface area contributed by atoms with Crippen molar-refractivity contribution in [1.29, 1.82) is 0 Å². The number of nitrogens with zero attached hydrogens (tertiary/aromatic N) is 1. The van der Waals surface area contributed by atoms with E-state index in [4.69, 9.17) is 33.3 Å². The van der Waals surface area contributed by atoms with E-state index in [0.29, 0.717) is 38.0 Å². The predicted molar refractivity (Wildman–Crippen MR) is 139 cm³/mol. The Balaban J connectivity index is 1.51. The predicted octanol–water partition coefficient (Wildman–Crippen LogP) is 7.10. The number of rotatable bonds is 6. The molecule has 0 bridgehead atoms. The maximum atomic E-state index is 13.1. The van der Waals surface area contributed by atoms with Gasteiger partial charge in [0.15, 0.2) is 4.32 Å². The first kappa shape index (κ1) is 22.9. The fraction of sp³-hybridized carbons (Fsp3) is 0.0833. The van der Waals surface area contributed by atoms with E-state index in [9.17, 15) is 4.79 Å². The molecular formula is C24H17BrClNO3S2. The largest absolute Gasteiger partial charge is 0.495 e. The van der Waals surface area contributed by atoms with Gasteiger partial charge >= 0.3 is 0 Å². The van der Waals surface area contributed by atoms with Crippen molar-refractivity contribution in [1.82, 2.24) is 0 Å². The normalized spacial score (nSPS) is 14.8. The van der Waals surface area contributed by atoms with Crippen LogP contribution in [0.5, 0.6) is 11.5 Å². The van der Waals surface area contributed by atoms with Crippen LogP contribution < -0.4 is 14.4 Å². The highest BCUT2D eigenvalue weighted by atomic mass is 79.9. The first-order valence-electron chi connectivity index (χ1n) is 9.54. The zero-order valence-electron chi connectivity index (χ0n) is 16.9. The third-order valence-corrected chi connectivity index (χ3v) is 6.85. The number of hydrogen-bond acceptors (Lipinski definition) is 5. The van der Waals surface area contributed by atoms with Gasteiger partial charge in [-0.3, -0.25) is 9.69 Å². The van der Waals surface area contributed by atoms with Crippen LogP contribution in [0.1, 0.15) is 11.1 Å². The molecule has 0 spiro atoms. The first-order valence-corrected chi connectivity index (χ1v) is 11.9. The molecule has 1 fully saturated rings. The Morgan fingerprint density at radius 3 is 2.56 bits per heavy atom. The summed E-state index contributed by atoms with van der Waals surface area (Å²) >= 11 is 16.2. The topological polar surface area (TPSA) is 38.8 Å². The van der Waals surface area contributed by atoms with Crippen molar-refractivity contribution in [2.75, 3.05) is 12.0 Å². The van der Waals surface area contributed by atoms with E-state index in [-0.39, 0.29) is 5.91 Å². The van der Waals surface area contributed by atoms with Gasteiger partial charge in [0.1, 0.15) is 18.1 Å². The molecule has 1 heterocycles. The lowest BCUT2D eigenvalue weighted by Crippen LogP contribution is -2.27. The van der Waals surface area contributed by atoms with Gasteiger partial charge in [-0.1, -0.05) is 65.9 Å². The molecule has 4 rings (SSSR count). The van der Waals surface area contributed by atoms with Crippen molar-refractivity contribution < 1.29 is 14.3 Å². The quantitative estimate of drug-likeness (QED) is 0.244. The highest BCUT2D eigenvalue weighted by Gasteiger charge is 2.34. The molecule has 4 nitrogen and oxygen atoms in total. The Labute approximate surface area is 209 Å². The molecule has 0 unspecified atom stereocenters. The Morgan fingerprint density at radius 1 is 1.09 bits per heavy atom. The molecule has 32 heavy (non-hydrogen) atoms. The number of amides is 1. The standard InChI is InChI=1S/C24H17BrClNO3S2/c1-29-21-5-3-2-4-19(21)27-23(28)22(32-24(27)31)13-16-8-11-20(18(25)12-16)30-14-15-6-9-17(26)10-7-15/h2-13H,14H2,1H3/b22-13+. The summed E-state index contributed by atoms with van der Waals surface area (Å²) in [7, 11) is 1.57. The maximum absolute atomic E-state index is 13.1. The van der Waals surface area contributed by atoms with Crippen LogP contribution in [0.3, 0.4) is 0 Å². The van der Waals surface area contributed by atoms with Crippen LogP contribution in [0.15, 0.2) is 76.1 Å². The molecule has 0 aromatic heterocycles. The third kappa shape index (κ3) is 5.02. The van der Waals surface area contributed by atoms with E-state index in [1.54, 1.807) is 13.2 Å². The number of para-hydroxylation sites is 2. The average Bonchev–Trinajstić information content (AvgIpc) is 3.07. The van der Waals surface area contributed by atoms with Crippen LogP contribution >= 0.6 is 51.5 Å². The van der Waals surface area contributed by atoms with Crippen molar-refractivity contribution in [3.8, 4) is 11.5 Å². The molecule has 0 saturated carbocycles. The van der Waals surface area contributed by atoms with Crippen molar-refractivity contribution in [2.45, 2.75) is 6.61 Å². The van der Waals surface area contributed by atoms with E-state index < -0.39 is 0 Å². The molecule has 1 saturated heterocycles. The van der Waals surface area contributed by atoms with Crippen molar-refractivity contribution >= 4 is 73.5 Å². The number of halogens is 2. The number of hydrogen-bond donors (Lipinski definition) is 0. The number of carbonyl (C=O) groups excluding carboxylic acids is 1. The first-order chi connectivity index (χ1) is 15.5. The second-order valence-corrected chi connectivity index (χ2v) is 9.76. The van der Waals surface area contributed by atoms with E-state index >= 15 is 0 Å². The van der Waals surface area contributed by atoms with Crippen LogP contribution in [-0.2, 0) is 11.4 Å². The van der Waals surface area contributed by atoms with E-state index in [2.05, 4.69) is 15.9 Å². The Morgan fingerprint density at radius 2 is 1.84 bits per heavy atom. The SMILES string of the molecule is COc1ccccc1N1C(=O)/C(=C\c2ccc(OCc3ccc(Cl)cc3)c(Br)c2)SC1=S. The number of carbonyl (C=O) groups is 1. The van der Waals surface area contributed by atoms with Crippen LogP contribution in [0, 0.1) is 0 Å². The highest BCUT2D eigenvalue weighted by molar-refractivity contribution is 9.10. The molecular weight excluding hydrogens is 530 g/mol. The highest BCUT2D eigenvalue weighted by Crippen LogP contribution is 2.40. The zero-order valence-corrected chi connectivity index (χ0v) is 20.9. The summed E-state index contributed by atoms with van der Waals surface area (Å²) in [6.07, 6.45) is 1.82. The van der Waals surface area contributed by atoms with Gasteiger partial charge in [-0.15, -0.1) is 0 Å². The Hall–Kier alpha value is -2.32. The van der Waals surface area contributed by atoms with Gasteiger partial charge < -0.3 is 9.47 Å². The second kappa shape index (κ2) is 10.1. The van der Waals surface area contributed by atoms with Gasteiger partial charge in [-0.05, 0) is 69.5 Å². The second-order valence-electron chi connectivity index (χ2n) is 6.79.